The molecule has 16 heavy (non-hydrogen) atoms. The Morgan fingerprint density at radius 3 is 2.94 bits per heavy atom. The molecule has 0 saturated carbocycles. The molecule has 0 aromatic carbocycles. The second-order valence-corrected chi connectivity index (χ2v) is 4.32. The molecular weight excluding hydrogens is 208 g/mol. The molecule has 1 amide bonds. The molecule has 0 aromatic heterocycles. The number of carbonyl (C=O) groups excluding carboxylic acids is 1. The van der Waals surface area contributed by atoms with Gasteiger partial charge in [-0.15, -0.1) is 0 Å². The number of rotatable bonds is 4. The van der Waals surface area contributed by atoms with E-state index in [9.17, 15) is 4.79 Å². The first-order valence-electron chi connectivity index (χ1n) is 5.93. The molecule has 94 valence electrons. The number of hydrogen-bond donors (Lipinski definition) is 2. The summed E-state index contributed by atoms with van der Waals surface area (Å²) >= 11 is 0. The Hall–Kier alpha value is -0.810. The summed E-state index contributed by atoms with van der Waals surface area (Å²) in [6, 6.07) is 0.264. The van der Waals surface area contributed by atoms with Gasteiger partial charge in [-0.1, -0.05) is 6.92 Å². The maximum atomic E-state index is 11.6. The summed E-state index contributed by atoms with van der Waals surface area (Å²) in [6.45, 7) is 6.49. The normalized spacial score (nSPS) is 25.6. The predicted octanol–water partition coefficient (Wildman–Crippen LogP) is 0.435. The van der Waals surface area contributed by atoms with E-state index in [4.69, 9.17) is 9.84 Å². The minimum absolute atomic E-state index is 0.129. The van der Waals surface area contributed by atoms with Gasteiger partial charge in [0.15, 0.2) is 0 Å². The number of likely N-dealkylation sites (tertiary alicyclic amines) is 1. The maximum Gasteiger partial charge on any atom is 0.409 e. The molecule has 1 aliphatic heterocycles. The van der Waals surface area contributed by atoms with Crippen molar-refractivity contribution in [1.82, 2.24) is 10.2 Å². The van der Waals surface area contributed by atoms with Crippen LogP contribution in [-0.2, 0) is 4.74 Å². The van der Waals surface area contributed by atoms with Crippen LogP contribution in [0.4, 0.5) is 4.79 Å². The number of hydrogen-bond acceptors (Lipinski definition) is 4. The first kappa shape index (κ1) is 13.3. The third-order valence-corrected chi connectivity index (χ3v) is 2.73. The number of carbonyl (C=O) groups is 1. The fourth-order valence-corrected chi connectivity index (χ4v) is 2.13. The number of aliphatic hydroxyl groups is 1. The van der Waals surface area contributed by atoms with Crippen LogP contribution in [0.15, 0.2) is 0 Å². The molecule has 2 unspecified atom stereocenters. The molecular formula is C11H22N2O3. The van der Waals surface area contributed by atoms with Gasteiger partial charge >= 0.3 is 6.09 Å². The molecule has 5 nitrogen and oxygen atoms in total. The van der Waals surface area contributed by atoms with Gasteiger partial charge in [-0.25, -0.2) is 4.79 Å². The average molecular weight is 230 g/mol. The quantitative estimate of drug-likeness (QED) is 0.735. The van der Waals surface area contributed by atoms with E-state index < -0.39 is 0 Å². The topological polar surface area (TPSA) is 61.8 Å². The molecule has 0 aromatic rings. The van der Waals surface area contributed by atoms with Crippen LogP contribution < -0.4 is 5.32 Å². The third kappa shape index (κ3) is 3.98. The Labute approximate surface area is 96.8 Å². The summed E-state index contributed by atoms with van der Waals surface area (Å²) in [7, 11) is 0. The van der Waals surface area contributed by atoms with Crippen LogP contribution in [0.3, 0.4) is 0 Å². The summed E-state index contributed by atoms with van der Waals surface area (Å²) in [5.41, 5.74) is 0. The van der Waals surface area contributed by atoms with E-state index in [1.807, 2.05) is 6.92 Å². The van der Waals surface area contributed by atoms with Gasteiger partial charge in [0.1, 0.15) is 0 Å². The molecule has 1 heterocycles. The zero-order valence-corrected chi connectivity index (χ0v) is 10.1. The van der Waals surface area contributed by atoms with Crippen molar-refractivity contribution in [3.8, 4) is 0 Å². The lowest BCUT2D eigenvalue weighted by molar-refractivity contribution is 0.0808. The molecule has 5 heteroatoms. The first-order chi connectivity index (χ1) is 7.67. The van der Waals surface area contributed by atoms with Crippen molar-refractivity contribution >= 4 is 6.09 Å². The monoisotopic (exact) mass is 230 g/mol. The standard InChI is InChI=1S/C11H22N2O3/c1-3-16-11(15)13-7-9(2)6-10(8-13)12-4-5-14/h9-10,12,14H,3-8H2,1-2H3. The SMILES string of the molecule is CCOC(=O)N1CC(C)CC(NCCO)C1. The lowest BCUT2D eigenvalue weighted by Crippen LogP contribution is -2.51. The van der Waals surface area contributed by atoms with Crippen LogP contribution in [0.1, 0.15) is 20.3 Å². The number of nitrogens with zero attached hydrogens (tertiary/aromatic N) is 1. The van der Waals surface area contributed by atoms with Crippen molar-refractivity contribution in [2.45, 2.75) is 26.3 Å². The second kappa shape index (κ2) is 6.70. The largest absolute Gasteiger partial charge is 0.450 e. The molecule has 0 aliphatic carbocycles. The molecule has 1 saturated heterocycles. The van der Waals surface area contributed by atoms with Gasteiger partial charge in [0.05, 0.1) is 13.2 Å². The fourth-order valence-electron chi connectivity index (χ4n) is 2.13. The van der Waals surface area contributed by atoms with Gasteiger partial charge < -0.3 is 20.1 Å². The van der Waals surface area contributed by atoms with E-state index in [0.29, 0.717) is 25.6 Å². The molecule has 0 spiro atoms. The van der Waals surface area contributed by atoms with Crippen molar-refractivity contribution in [2.24, 2.45) is 5.92 Å². The van der Waals surface area contributed by atoms with Crippen molar-refractivity contribution in [3.05, 3.63) is 0 Å². The predicted molar refractivity (Wildman–Crippen MR) is 61.3 cm³/mol. The van der Waals surface area contributed by atoms with Crippen molar-refractivity contribution < 1.29 is 14.6 Å². The van der Waals surface area contributed by atoms with E-state index in [1.54, 1.807) is 4.90 Å². The Bertz CT molecular complexity index is 223. The van der Waals surface area contributed by atoms with Gasteiger partial charge in [-0.2, -0.15) is 0 Å². The highest BCUT2D eigenvalue weighted by molar-refractivity contribution is 5.67. The molecule has 1 rings (SSSR count). The van der Waals surface area contributed by atoms with E-state index >= 15 is 0 Å². The zero-order chi connectivity index (χ0) is 12.0. The molecule has 1 aliphatic rings. The fraction of sp³-hybridized carbons (Fsp3) is 0.909. The number of nitrogens with one attached hydrogen (secondary N) is 1. The summed E-state index contributed by atoms with van der Waals surface area (Å²) in [6.07, 6.45) is 0.806. The summed E-state index contributed by atoms with van der Waals surface area (Å²) in [4.78, 5) is 13.3. The Kier molecular flexibility index (Phi) is 5.55. The van der Waals surface area contributed by atoms with Crippen LogP contribution in [0.25, 0.3) is 0 Å². The zero-order valence-electron chi connectivity index (χ0n) is 10.1. The lowest BCUT2D eigenvalue weighted by atomic mass is 9.96. The smallest absolute Gasteiger partial charge is 0.409 e. The average Bonchev–Trinajstić information content (AvgIpc) is 2.26. The van der Waals surface area contributed by atoms with E-state index in [0.717, 1.165) is 13.0 Å². The van der Waals surface area contributed by atoms with Gasteiger partial charge in [0.25, 0.3) is 0 Å². The Balaban J connectivity index is 2.43. The number of aliphatic hydroxyl groups excluding tert-OH is 1. The number of ether oxygens (including phenoxy) is 1. The lowest BCUT2D eigenvalue weighted by Gasteiger charge is -2.36. The second-order valence-electron chi connectivity index (χ2n) is 4.32. The van der Waals surface area contributed by atoms with E-state index in [1.165, 1.54) is 0 Å². The number of piperidine rings is 1. The van der Waals surface area contributed by atoms with Crippen LogP contribution in [0.2, 0.25) is 0 Å². The van der Waals surface area contributed by atoms with Crippen molar-refractivity contribution in [1.29, 1.82) is 0 Å². The highest BCUT2D eigenvalue weighted by Crippen LogP contribution is 2.16. The van der Waals surface area contributed by atoms with Crippen LogP contribution in [0, 0.1) is 5.92 Å². The summed E-state index contributed by atoms with van der Waals surface area (Å²) < 4.78 is 4.99. The minimum Gasteiger partial charge on any atom is -0.450 e. The maximum absolute atomic E-state index is 11.6. The summed E-state index contributed by atoms with van der Waals surface area (Å²) in [5, 5.41) is 12.0. The van der Waals surface area contributed by atoms with Crippen molar-refractivity contribution in [3.63, 3.8) is 0 Å². The van der Waals surface area contributed by atoms with E-state index in [-0.39, 0.29) is 18.7 Å². The number of amides is 1. The van der Waals surface area contributed by atoms with Gasteiger partial charge in [-0.05, 0) is 19.3 Å². The van der Waals surface area contributed by atoms with Crippen LogP contribution in [-0.4, -0.2) is 55.0 Å². The molecule has 2 atom stereocenters. The van der Waals surface area contributed by atoms with Crippen LogP contribution in [0.5, 0.6) is 0 Å². The molecule has 1 fully saturated rings. The van der Waals surface area contributed by atoms with Crippen molar-refractivity contribution in [2.75, 3.05) is 32.8 Å². The Morgan fingerprint density at radius 1 is 1.56 bits per heavy atom. The molecule has 0 bridgehead atoms. The summed E-state index contributed by atoms with van der Waals surface area (Å²) in [5.74, 6) is 0.467. The molecule has 2 N–H and O–H groups in total. The first-order valence-corrected chi connectivity index (χ1v) is 5.93. The van der Waals surface area contributed by atoms with Crippen LogP contribution >= 0.6 is 0 Å². The van der Waals surface area contributed by atoms with E-state index in [2.05, 4.69) is 12.2 Å². The minimum atomic E-state index is -0.232. The van der Waals surface area contributed by atoms with Gasteiger partial charge in [0, 0.05) is 25.7 Å². The highest BCUT2D eigenvalue weighted by atomic mass is 16.6. The molecule has 0 radical (unpaired) electrons. The highest BCUT2D eigenvalue weighted by Gasteiger charge is 2.27. The van der Waals surface area contributed by atoms with Gasteiger partial charge in [-0.3, -0.25) is 0 Å². The van der Waals surface area contributed by atoms with Gasteiger partial charge in [0.2, 0.25) is 0 Å². The Morgan fingerprint density at radius 2 is 2.31 bits per heavy atom. The third-order valence-electron chi connectivity index (χ3n) is 2.73.